The Morgan fingerprint density at radius 1 is 1.12 bits per heavy atom. The molecular formula is C20H22N4O2. The summed E-state index contributed by atoms with van der Waals surface area (Å²) in [6, 6.07) is 17.0. The molecule has 0 aliphatic rings. The molecule has 1 heterocycles. The van der Waals surface area contributed by atoms with Crippen molar-refractivity contribution in [2.45, 2.75) is 32.7 Å². The average Bonchev–Trinajstić information content (AvgIpc) is 3.02. The summed E-state index contributed by atoms with van der Waals surface area (Å²) in [6.45, 7) is 7.09. The molecule has 0 amide bonds. The van der Waals surface area contributed by atoms with Crippen molar-refractivity contribution in [2.24, 2.45) is 4.99 Å². The molecule has 6 heteroatoms. The highest BCUT2D eigenvalue weighted by atomic mass is 16.5. The van der Waals surface area contributed by atoms with Gasteiger partial charge in [-0.05, 0) is 27.8 Å². The van der Waals surface area contributed by atoms with Crippen LogP contribution in [0.1, 0.15) is 31.9 Å². The predicted octanol–water partition coefficient (Wildman–Crippen LogP) is 2.77. The smallest absolute Gasteiger partial charge is 0.322 e. The van der Waals surface area contributed by atoms with E-state index in [-0.39, 0.29) is 11.3 Å². The standard InChI is InChI=1S/C20H22N4O2/c1-20(2,3)16-11-9-15(10-12-16)13-24-14-18(26-23-24)22-19(25)21-17-7-5-4-6-8-17/h4-12,14H,13H2,1-3H3,(H-,21,22,23,25). The summed E-state index contributed by atoms with van der Waals surface area (Å²) in [6.07, 6.45) is 1.60. The number of benzene rings is 2. The molecule has 0 bridgehead atoms. The van der Waals surface area contributed by atoms with E-state index >= 15 is 0 Å². The summed E-state index contributed by atoms with van der Waals surface area (Å²) in [5.74, 6) is 0.157. The van der Waals surface area contributed by atoms with Gasteiger partial charge in [-0.15, -0.1) is 0 Å². The predicted molar refractivity (Wildman–Crippen MR) is 98.1 cm³/mol. The fourth-order valence-electron chi connectivity index (χ4n) is 2.46. The summed E-state index contributed by atoms with van der Waals surface area (Å²) in [5, 5.41) is 18.5. The summed E-state index contributed by atoms with van der Waals surface area (Å²) in [5.41, 5.74) is 3.17. The highest BCUT2D eigenvalue weighted by molar-refractivity contribution is 5.86. The monoisotopic (exact) mass is 350 g/mol. The molecule has 6 nitrogen and oxygen atoms in total. The summed E-state index contributed by atoms with van der Waals surface area (Å²) < 4.78 is 6.72. The van der Waals surface area contributed by atoms with Crippen LogP contribution in [0.5, 0.6) is 0 Å². The van der Waals surface area contributed by atoms with Gasteiger partial charge in [0.25, 0.3) is 6.20 Å². The van der Waals surface area contributed by atoms with Crippen molar-refractivity contribution in [3.63, 3.8) is 0 Å². The van der Waals surface area contributed by atoms with Crippen LogP contribution in [0, 0.1) is 0 Å². The van der Waals surface area contributed by atoms with E-state index in [1.165, 1.54) is 5.56 Å². The Bertz CT molecular complexity index is 878. The lowest BCUT2D eigenvalue weighted by molar-refractivity contribution is -0.754. The van der Waals surface area contributed by atoms with Gasteiger partial charge in [0.2, 0.25) is 11.8 Å². The quantitative estimate of drug-likeness (QED) is 0.446. The Labute approximate surface area is 152 Å². The average molecular weight is 350 g/mol. The van der Waals surface area contributed by atoms with Crippen molar-refractivity contribution in [2.75, 3.05) is 5.32 Å². The van der Waals surface area contributed by atoms with E-state index in [2.05, 4.69) is 60.6 Å². The third kappa shape index (κ3) is 4.69. The van der Waals surface area contributed by atoms with E-state index in [4.69, 9.17) is 4.52 Å². The van der Waals surface area contributed by atoms with Gasteiger partial charge in [-0.2, -0.15) is 0 Å². The highest BCUT2D eigenvalue weighted by Gasteiger charge is 2.15. The van der Waals surface area contributed by atoms with E-state index in [1.807, 2.05) is 18.2 Å². The molecule has 0 unspecified atom stereocenters. The van der Waals surface area contributed by atoms with Crippen molar-refractivity contribution in [1.82, 2.24) is 5.27 Å². The normalized spacial score (nSPS) is 12.2. The maximum Gasteiger partial charge on any atom is 0.322 e. The highest BCUT2D eigenvalue weighted by Crippen LogP contribution is 2.22. The Hall–Kier alpha value is -3.15. The minimum atomic E-state index is -0.506. The Balaban J connectivity index is 1.65. The van der Waals surface area contributed by atoms with Crippen molar-refractivity contribution in [3.05, 3.63) is 71.9 Å². The summed E-state index contributed by atoms with van der Waals surface area (Å²) in [4.78, 5) is 3.86. The van der Waals surface area contributed by atoms with E-state index < -0.39 is 6.02 Å². The van der Waals surface area contributed by atoms with Crippen LogP contribution in [0.3, 0.4) is 0 Å². The molecule has 134 valence electrons. The minimum absolute atomic E-state index is 0.123. The van der Waals surface area contributed by atoms with Crippen LogP contribution in [0.15, 0.2) is 70.3 Å². The van der Waals surface area contributed by atoms with Crippen molar-refractivity contribution in [1.29, 1.82) is 0 Å². The third-order valence-corrected chi connectivity index (χ3v) is 3.90. The fraction of sp³-hybridized carbons (Fsp3) is 0.250. The molecule has 0 saturated heterocycles. The number of anilines is 1. The van der Waals surface area contributed by atoms with Crippen LogP contribution < -0.4 is 15.1 Å². The summed E-state index contributed by atoms with van der Waals surface area (Å²) >= 11 is 0. The van der Waals surface area contributed by atoms with Gasteiger partial charge in [-0.3, -0.25) is 4.52 Å². The lowest BCUT2D eigenvalue weighted by atomic mass is 9.87. The fourth-order valence-corrected chi connectivity index (χ4v) is 2.46. The van der Waals surface area contributed by atoms with Gasteiger partial charge in [0, 0.05) is 11.3 Å². The molecule has 3 aromatic rings. The lowest BCUT2D eigenvalue weighted by Crippen LogP contribution is -2.35. The van der Waals surface area contributed by atoms with Crippen molar-refractivity contribution >= 4 is 17.6 Å². The first kappa shape index (κ1) is 17.7. The molecule has 0 spiro atoms. The molecule has 3 rings (SSSR count). The first-order valence-corrected chi connectivity index (χ1v) is 8.44. The van der Waals surface area contributed by atoms with Crippen LogP contribution >= 0.6 is 0 Å². The van der Waals surface area contributed by atoms with Gasteiger partial charge < -0.3 is 10.4 Å². The Kier molecular flexibility index (Phi) is 5.02. The van der Waals surface area contributed by atoms with Crippen molar-refractivity contribution in [3.8, 4) is 0 Å². The number of aromatic nitrogens is 2. The maximum atomic E-state index is 11.9. The second-order valence-electron chi connectivity index (χ2n) is 7.09. The summed E-state index contributed by atoms with van der Waals surface area (Å²) in [7, 11) is 0. The zero-order chi connectivity index (χ0) is 18.6. The van der Waals surface area contributed by atoms with E-state index in [9.17, 15) is 5.11 Å². The molecule has 0 atom stereocenters. The largest absolute Gasteiger partial charge is 0.846 e. The molecule has 0 saturated carbocycles. The Morgan fingerprint density at radius 2 is 1.81 bits per heavy atom. The first-order valence-electron chi connectivity index (χ1n) is 8.44. The third-order valence-electron chi connectivity index (χ3n) is 3.90. The number of nitrogens with zero attached hydrogens (tertiary/aromatic N) is 3. The molecular weight excluding hydrogens is 328 g/mol. The lowest BCUT2D eigenvalue weighted by Gasteiger charge is -2.18. The van der Waals surface area contributed by atoms with Crippen LogP contribution in [0.4, 0.5) is 11.6 Å². The van der Waals surface area contributed by atoms with Gasteiger partial charge in [0.15, 0.2) is 0 Å². The molecule has 0 aliphatic heterocycles. The molecule has 1 aromatic heterocycles. The van der Waals surface area contributed by atoms with Crippen LogP contribution in [-0.2, 0) is 12.0 Å². The molecule has 26 heavy (non-hydrogen) atoms. The Morgan fingerprint density at radius 3 is 2.46 bits per heavy atom. The van der Waals surface area contributed by atoms with Gasteiger partial charge in [0.1, 0.15) is 0 Å². The van der Waals surface area contributed by atoms with Crippen LogP contribution in [-0.4, -0.2) is 11.3 Å². The number of hydrogen-bond acceptors (Lipinski definition) is 4. The van der Waals surface area contributed by atoms with Gasteiger partial charge in [0.05, 0.1) is 6.02 Å². The number of nitrogens with one attached hydrogen (secondary N) is 1. The van der Waals surface area contributed by atoms with E-state index in [0.717, 1.165) is 5.56 Å². The van der Waals surface area contributed by atoms with Gasteiger partial charge in [-0.25, -0.2) is 4.99 Å². The molecule has 2 aromatic carbocycles. The van der Waals surface area contributed by atoms with Gasteiger partial charge >= 0.3 is 5.88 Å². The maximum absolute atomic E-state index is 11.9. The minimum Gasteiger partial charge on any atom is -0.846 e. The molecule has 0 fully saturated rings. The second kappa shape index (κ2) is 7.39. The SMILES string of the molecule is CC(C)(C)c1ccc(C[n+]2cc(/N=C(\[O-])Nc3ccccc3)on2)cc1. The molecule has 0 aliphatic carbocycles. The number of amidine groups is 1. The van der Waals surface area contributed by atoms with E-state index in [0.29, 0.717) is 12.2 Å². The van der Waals surface area contributed by atoms with E-state index in [1.54, 1.807) is 23.0 Å². The number of aliphatic imine (C=N–C) groups is 1. The number of hydrogen-bond donors (Lipinski definition) is 1. The van der Waals surface area contributed by atoms with Gasteiger partial charge in [-0.1, -0.05) is 63.2 Å². The molecule has 0 radical (unpaired) electrons. The topological polar surface area (TPSA) is 77.4 Å². The van der Waals surface area contributed by atoms with Crippen LogP contribution in [0.25, 0.3) is 0 Å². The zero-order valence-corrected chi connectivity index (χ0v) is 15.1. The number of para-hydroxylation sites is 1. The van der Waals surface area contributed by atoms with Crippen molar-refractivity contribution < 1.29 is 14.3 Å². The molecule has 1 N–H and O–H groups in total. The van der Waals surface area contributed by atoms with Crippen LogP contribution in [0.2, 0.25) is 0 Å². The second-order valence-corrected chi connectivity index (χ2v) is 7.09. The number of rotatable bonds is 4. The zero-order valence-electron chi connectivity index (χ0n) is 15.1. The first-order chi connectivity index (χ1) is 12.4.